The first-order chi connectivity index (χ1) is 16.2. The van der Waals surface area contributed by atoms with Crippen LogP contribution in [0, 0.1) is 12.8 Å². The molecule has 0 radical (unpaired) electrons. The first-order valence-electron chi connectivity index (χ1n) is 11.4. The molecule has 188 valence electrons. The van der Waals surface area contributed by atoms with Crippen molar-refractivity contribution in [1.82, 2.24) is 20.0 Å². The molecule has 0 aromatic carbocycles. The van der Waals surface area contributed by atoms with Crippen molar-refractivity contribution in [2.45, 2.75) is 71.0 Å². The van der Waals surface area contributed by atoms with E-state index in [0.717, 1.165) is 42.5 Å². The van der Waals surface area contributed by atoms with Gasteiger partial charge in [-0.25, -0.2) is 9.98 Å². The van der Waals surface area contributed by atoms with Crippen LogP contribution in [-0.4, -0.2) is 58.5 Å². The molecule has 2 aromatic heterocycles. The van der Waals surface area contributed by atoms with Crippen molar-refractivity contribution in [3.05, 3.63) is 22.3 Å². The molecule has 2 aromatic rings. The Hall–Kier alpha value is -2.34. The molecule has 0 unspecified atom stereocenters. The highest BCUT2D eigenvalue weighted by atomic mass is 32.1. The van der Waals surface area contributed by atoms with Gasteiger partial charge in [-0.15, -0.1) is 0 Å². The molecule has 4 rings (SSSR count). The van der Waals surface area contributed by atoms with Gasteiger partial charge in [0.15, 0.2) is 12.4 Å². The predicted molar refractivity (Wildman–Crippen MR) is 121 cm³/mol. The van der Waals surface area contributed by atoms with Crippen LogP contribution in [0.25, 0.3) is 0 Å². The summed E-state index contributed by atoms with van der Waals surface area (Å²) in [6.45, 7) is 6.26. The molecule has 0 bridgehead atoms. The smallest absolute Gasteiger partial charge is 0.422 e. The number of hydrogen-bond donors (Lipinski definition) is 0. The number of rotatable bonds is 7. The maximum atomic E-state index is 12.2. The van der Waals surface area contributed by atoms with Gasteiger partial charge in [-0.05, 0) is 32.0 Å². The van der Waals surface area contributed by atoms with Crippen LogP contribution in [0.5, 0.6) is 5.19 Å². The number of aromatic nitrogens is 3. The summed E-state index contributed by atoms with van der Waals surface area (Å²) in [5.41, 5.74) is 0.905. The van der Waals surface area contributed by atoms with Crippen molar-refractivity contribution >= 4 is 24.0 Å². The average Bonchev–Trinajstić information content (AvgIpc) is 3.41. The largest absolute Gasteiger partial charge is 0.460 e. The van der Waals surface area contributed by atoms with Crippen LogP contribution >= 0.6 is 11.3 Å². The van der Waals surface area contributed by atoms with Crippen LogP contribution in [0.3, 0.4) is 0 Å². The van der Waals surface area contributed by atoms with Crippen molar-refractivity contribution < 1.29 is 27.2 Å². The molecule has 12 heteroatoms. The van der Waals surface area contributed by atoms with E-state index in [2.05, 4.69) is 36.3 Å². The van der Waals surface area contributed by atoms with Crippen LogP contribution in [0.1, 0.15) is 60.8 Å². The van der Waals surface area contributed by atoms with Gasteiger partial charge in [-0.2, -0.15) is 18.2 Å². The third-order valence-corrected chi connectivity index (χ3v) is 6.85. The lowest BCUT2D eigenvalue weighted by Gasteiger charge is -2.29. The molecule has 34 heavy (non-hydrogen) atoms. The molecular weight excluding hydrogens is 471 g/mol. The summed E-state index contributed by atoms with van der Waals surface area (Å²) in [7, 11) is 0. The van der Waals surface area contributed by atoms with Gasteiger partial charge >= 0.3 is 6.18 Å². The molecule has 1 fully saturated rings. The number of aryl methyl sites for hydroxylation is 1. The summed E-state index contributed by atoms with van der Waals surface area (Å²) in [5.74, 6) is 1.29. The highest BCUT2D eigenvalue weighted by Crippen LogP contribution is 2.32. The fraction of sp³-hybridized carbons (Fsp3) is 0.682. The maximum absolute atomic E-state index is 12.2. The maximum Gasteiger partial charge on any atom is 0.422 e. The zero-order chi connectivity index (χ0) is 24.6. The molecule has 2 aliphatic rings. The van der Waals surface area contributed by atoms with Crippen LogP contribution < -0.4 is 4.74 Å². The van der Waals surface area contributed by atoms with Gasteiger partial charge < -0.3 is 9.26 Å². The predicted octanol–water partition coefficient (Wildman–Crippen LogP) is 4.56. The average molecular weight is 502 g/mol. The summed E-state index contributed by atoms with van der Waals surface area (Å²) < 4.78 is 46.0. The van der Waals surface area contributed by atoms with E-state index < -0.39 is 12.8 Å². The Morgan fingerprint density at radius 3 is 2.71 bits per heavy atom. The lowest BCUT2D eigenvalue weighted by atomic mass is 9.87. The van der Waals surface area contributed by atoms with Gasteiger partial charge in [-0.3, -0.25) is 9.69 Å². The second-order valence-electron chi connectivity index (χ2n) is 8.53. The van der Waals surface area contributed by atoms with E-state index in [0.29, 0.717) is 11.7 Å². The first kappa shape index (κ1) is 26.3. The number of carbonyl (C=O) groups is 1. The summed E-state index contributed by atoms with van der Waals surface area (Å²) in [5, 5.41) is 3.66. The number of thiazole rings is 1. The van der Waals surface area contributed by atoms with Crippen LogP contribution in [-0.2, 0) is 24.2 Å². The Kier molecular flexibility index (Phi) is 9.57. The van der Waals surface area contributed by atoms with Crippen molar-refractivity contribution in [1.29, 1.82) is 0 Å². The van der Waals surface area contributed by atoms with Gasteiger partial charge in [0.1, 0.15) is 0 Å². The quantitative estimate of drug-likeness (QED) is 0.514. The number of nitrogens with zero attached hydrogens (tertiary/aromatic N) is 5. The molecular formula is C22H30F3N5O3S. The molecule has 1 saturated carbocycles. The zero-order valence-electron chi connectivity index (χ0n) is 19.3. The number of amides is 1. The van der Waals surface area contributed by atoms with Gasteiger partial charge in [0.05, 0.1) is 12.1 Å². The van der Waals surface area contributed by atoms with Crippen molar-refractivity contribution in [3.8, 4) is 5.19 Å². The van der Waals surface area contributed by atoms with E-state index in [1.54, 1.807) is 6.92 Å². The molecule has 0 saturated heterocycles. The van der Waals surface area contributed by atoms with E-state index >= 15 is 0 Å². The Balaban J connectivity index is 0.000000248. The van der Waals surface area contributed by atoms with Gasteiger partial charge in [0, 0.05) is 24.9 Å². The monoisotopic (exact) mass is 501 g/mol. The minimum Gasteiger partial charge on any atom is -0.460 e. The molecule has 0 atom stereocenters. The van der Waals surface area contributed by atoms with Crippen LogP contribution in [0.2, 0.25) is 0 Å². The summed E-state index contributed by atoms with van der Waals surface area (Å²) in [4.78, 5) is 25.3. The first-order valence-corrected chi connectivity index (χ1v) is 12.2. The fourth-order valence-electron chi connectivity index (χ4n) is 4.07. The second kappa shape index (κ2) is 12.4. The van der Waals surface area contributed by atoms with E-state index in [-0.39, 0.29) is 17.5 Å². The lowest BCUT2D eigenvalue weighted by Crippen LogP contribution is -2.32. The highest BCUT2D eigenvalue weighted by molar-refractivity contribution is 7.13. The van der Waals surface area contributed by atoms with Gasteiger partial charge in [0.2, 0.25) is 5.89 Å². The minimum atomic E-state index is -4.31. The summed E-state index contributed by atoms with van der Waals surface area (Å²) >= 11 is 1.26. The highest BCUT2D eigenvalue weighted by Gasteiger charge is 2.30. The van der Waals surface area contributed by atoms with E-state index in [9.17, 15) is 18.0 Å². The number of alkyl halides is 3. The molecule has 0 spiro atoms. The molecule has 8 nitrogen and oxygen atoms in total. The second-order valence-corrected chi connectivity index (χ2v) is 9.58. The minimum absolute atomic E-state index is 0.0564. The standard InChI is InChI=1S/C16H23F3N2OS.C6H7N3O2/c17-16(18,19)11-22-15-20-13-10-21(9-7-14(13)23-15)8-6-12-4-2-1-3-5-12;1-4-8-5(9-11-4)3-6(10)7-2/h12H,1-11H2;2-3H2,1H3. The Labute approximate surface area is 200 Å². The zero-order valence-corrected chi connectivity index (χ0v) is 20.1. The molecule has 1 aliphatic heterocycles. The molecule has 3 heterocycles. The number of hydrogen-bond acceptors (Lipinski definition) is 8. The number of aliphatic imine (C=N–C) groups is 1. The molecule has 0 N–H and O–H groups in total. The van der Waals surface area contributed by atoms with Crippen molar-refractivity contribution in [2.75, 3.05) is 19.7 Å². The lowest BCUT2D eigenvalue weighted by molar-refractivity contribution is -0.153. The Morgan fingerprint density at radius 1 is 1.29 bits per heavy atom. The van der Waals surface area contributed by atoms with E-state index in [1.807, 2.05) is 0 Å². The van der Waals surface area contributed by atoms with Crippen LogP contribution in [0.4, 0.5) is 13.2 Å². The Bertz CT molecular complexity index is 941. The third-order valence-electron chi connectivity index (χ3n) is 5.78. The number of fused-ring (bicyclic) bond motifs is 1. The molecule has 1 amide bonds. The third kappa shape index (κ3) is 8.79. The number of halogens is 3. The topological polar surface area (TPSA) is 93.7 Å². The summed E-state index contributed by atoms with van der Waals surface area (Å²) in [6.07, 6.45) is 4.66. The fourth-order valence-corrected chi connectivity index (χ4v) is 4.98. The normalized spacial score (nSPS) is 16.9. The SMILES string of the molecule is C=NC(=O)Cc1noc(C)n1.FC(F)(F)COc1nc2c(s1)CCN(CCC1CCCCC1)C2. The summed E-state index contributed by atoms with van der Waals surface area (Å²) in [6, 6.07) is 0. The molecule has 1 aliphatic carbocycles. The van der Waals surface area contributed by atoms with Crippen LogP contribution in [0.15, 0.2) is 9.52 Å². The van der Waals surface area contributed by atoms with E-state index in [1.165, 1.54) is 49.9 Å². The van der Waals surface area contributed by atoms with Gasteiger partial charge in [-0.1, -0.05) is 48.6 Å². The van der Waals surface area contributed by atoms with Crippen molar-refractivity contribution in [2.24, 2.45) is 10.9 Å². The van der Waals surface area contributed by atoms with Crippen molar-refractivity contribution in [3.63, 3.8) is 0 Å². The van der Waals surface area contributed by atoms with E-state index in [4.69, 9.17) is 4.74 Å². The van der Waals surface area contributed by atoms with Gasteiger partial charge in [0.25, 0.3) is 11.1 Å². The number of ether oxygens (including phenoxy) is 1. The Morgan fingerprint density at radius 2 is 2.06 bits per heavy atom. The number of carbonyl (C=O) groups excluding carboxylic acids is 1.